The van der Waals surface area contributed by atoms with Gasteiger partial charge in [-0.05, 0) is 36.4 Å². The smallest absolute Gasteiger partial charge is 0.269 e. The summed E-state index contributed by atoms with van der Waals surface area (Å²) in [6.07, 6.45) is 0. The van der Waals surface area contributed by atoms with E-state index < -0.39 is 0 Å². The topological polar surface area (TPSA) is 45.8 Å². The molecule has 118 valence electrons. The predicted octanol–water partition coefficient (Wildman–Crippen LogP) is 5.11. The van der Waals surface area contributed by atoms with Gasteiger partial charge in [0.15, 0.2) is 0 Å². The van der Waals surface area contributed by atoms with E-state index >= 15 is 0 Å². The van der Waals surface area contributed by atoms with Crippen LogP contribution in [0.15, 0.2) is 59.4 Å². The number of hydrogen-bond donors (Lipinski definition) is 1. The van der Waals surface area contributed by atoms with Gasteiger partial charge in [-0.25, -0.2) is 9.37 Å². The van der Waals surface area contributed by atoms with Crippen molar-refractivity contribution in [1.29, 1.82) is 0 Å². The number of halogens is 2. The standard InChI is InChI=1S/C18H10ClFN2OS/c19-13-4-2-1-3-12(13)15-9-14-16(24-15)18(23)22-17(21-14)10-5-7-11(20)8-6-10/h1-9H,(H,21,22,23). The molecule has 0 saturated heterocycles. The van der Waals surface area contributed by atoms with Gasteiger partial charge in [-0.3, -0.25) is 4.79 Å². The molecule has 0 amide bonds. The van der Waals surface area contributed by atoms with E-state index in [1.165, 1.54) is 23.5 Å². The highest BCUT2D eigenvalue weighted by Gasteiger charge is 2.13. The third-order valence-corrected chi connectivity index (χ3v) is 5.13. The van der Waals surface area contributed by atoms with Crippen LogP contribution in [0.4, 0.5) is 4.39 Å². The van der Waals surface area contributed by atoms with Gasteiger partial charge in [0.1, 0.15) is 16.3 Å². The van der Waals surface area contributed by atoms with Crippen LogP contribution in [0, 0.1) is 5.82 Å². The summed E-state index contributed by atoms with van der Waals surface area (Å²) in [5, 5.41) is 0.624. The van der Waals surface area contributed by atoms with Gasteiger partial charge in [-0.2, -0.15) is 0 Å². The summed E-state index contributed by atoms with van der Waals surface area (Å²) < 4.78 is 13.6. The van der Waals surface area contributed by atoms with E-state index in [-0.39, 0.29) is 11.4 Å². The van der Waals surface area contributed by atoms with Crippen LogP contribution in [0.1, 0.15) is 0 Å². The van der Waals surface area contributed by atoms with Crippen LogP contribution in [0.2, 0.25) is 5.02 Å². The summed E-state index contributed by atoms with van der Waals surface area (Å²) in [5.74, 6) is 0.0784. The zero-order chi connectivity index (χ0) is 16.7. The van der Waals surface area contributed by atoms with Crippen molar-refractivity contribution in [3.63, 3.8) is 0 Å². The Morgan fingerprint density at radius 1 is 1.08 bits per heavy atom. The largest absolute Gasteiger partial charge is 0.305 e. The molecular formula is C18H10ClFN2OS. The van der Waals surface area contributed by atoms with Crippen LogP contribution in [-0.2, 0) is 0 Å². The molecule has 0 saturated carbocycles. The number of aromatic amines is 1. The van der Waals surface area contributed by atoms with Crippen LogP contribution in [0.3, 0.4) is 0 Å². The molecule has 0 aliphatic heterocycles. The molecule has 3 nitrogen and oxygen atoms in total. The SMILES string of the molecule is O=c1[nH]c(-c2ccc(F)cc2)nc2cc(-c3ccccc3Cl)sc12. The van der Waals surface area contributed by atoms with Crippen molar-refractivity contribution in [3.05, 3.63) is 75.8 Å². The highest BCUT2D eigenvalue weighted by atomic mass is 35.5. The highest BCUT2D eigenvalue weighted by molar-refractivity contribution is 7.22. The molecule has 0 fully saturated rings. The summed E-state index contributed by atoms with van der Waals surface area (Å²) in [6.45, 7) is 0. The molecule has 0 unspecified atom stereocenters. The first-order chi connectivity index (χ1) is 11.6. The Labute approximate surface area is 145 Å². The molecule has 0 aliphatic rings. The maximum atomic E-state index is 13.1. The van der Waals surface area contributed by atoms with E-state index in [2.05, 4.69) is 9.97 Å². The van der Waals surface area contributed by atoms with Crippen LogP contribution in [0.25, 0.3) is 32.0 Å². The lowest BCUT2D eigenvalue weighted by Crippen LogP contribution is -2.07. The van der Waals surface area contributed by atoms with Crippen molar-refractivity contribution in [2.75, 3.05) is 0 Å². The fourth-order valence-electron chi connectivity index (χ4n) is 2.48. The van der Waals surface area contributed by atoms with Crippen LogP contribution in [0.5, 0.6) is 0 Å². The average Bonchev–Trinajstić information content (AvgIpc) is 3.00. The highest BCUT2D eigenvalue weighted by Crippen LogP contribution is 2.35. The van der Waals surface area contributed by atoms with Crippen molar-refractivity contribution in [2.45, 2.75) is 0 Å². The van der Waals surface area contributed by atoms with E-state index in [4.69, 9.17) is 11.6 Å². The Morgan fingerprint density at radius 3 is 2.58 bits per heavy atom. The fraction of sp³-hybridized carbons (Fsp3) is 0. The van der Waals surface area contributed by atoms with Gasteiger partial charge >= 0.3 is 0 Å². The lowest BCUT2D eigenvalue weighted by molar-refractivity contribution is 0.628. The number of thiophene rings is 1. The molecule has 0 atom stereocenters. The van der Waals surface area contributed by atoms with Gasteiger partial charge < -0.3 is 4.98 Å². The quantitative estimate of drug-likeness (QED) is 0.542. The van der Waals surface area contributed by atoms with E-state index in [0.29, 0.717) is 26.6 Å². The number of nitrogens with one attached hydrogen (secondary N) is 1. The van der Waals surface area contributed by atoms with E-state index in [0.717, 1.165) is 10.4 Å². The molecule has 4 aromatic rings. The molecule has 4 rings (SSSR count). The van der Waals surface area contributed by atoms with Gasteiger partial charge in [-0.15, -0.1) is 11.3 Å². The van der Waals surface area contributed by atoms with Gasteiger partial charge in [0, 0.05) is 21.0 Å². The summed E-state index contributed by atoms with van der Waals surface area (Å²) in [5.41, 5.74) is 1.89. The minimum Gasteiger partial charge on any atom is -0.305 e. The lowest BCUT2D eigenvalue weighted by Gasteiger charge is -2.00. The van der Waals surface area contributed by atoms with Crippen molar-refractivity contribution >= 4 is 33.2 Å². The number of nitrogens with zero attached hydrogens (tertiary/aromatic N) is 1. The van der Waals surface area contributed by atoms with Crippen molar-refractivity contribution in [1.82, 2.24) is 9.97 Å². The Balaban J connectivity index is 1.89. The first-order valence-electron chi connectivity index (χ1n) is 7.16. The van der Waals surface area contributed by atoms with Crippen LogP contribution < -0.4 is 5.56 Å². The Hall–Kier alpha value is -2.50. The summed E-state index contributed by atoms with van der Waals surface area (Å²) in [6, 6.07) is 15.2. The molecule has 24 heavy (non-hydrogen) atoms. The Kier molecular flexibility index (Phi) is 3.67. The number of hydrogen-bond acceptors (Lipinski definition) is 3. The second-order valence-electron chi connectivity index (χ2n) is 5.23. The number of benzene rings is 2. The summed E-state index contributed by atoms with van der Waals surface area (Å²) in [4.78, 5) is 20.5. The van der Waals surface area contributed by atoms with Crippen molar-refractivity contribution < 1.29 is 4.39 Å². The zero-order valence-electron chi connectivity index (χ0n) is 12.2. The zero-order valence-corrected chi connectivity index (χ0v) is 13.8. The number of H-pyrrole nitrogens is 1. The number of aromatic nitrogens is 2. The monoisotopic (exact) mass is 356 g/mol. The molecule has 0 spiro atoms. The first kappa shape index (κ1) is 15.1. The molecule has 0 aliphatic carbocycles. The molecular weight excluding hydrogens is 347 g/mol. The van der Waals surface area contributed by atoms with Crippen molar-refractivity contribution in [3.8, 4) is 21.8 Å². The summed E-state index contributed by atoms with van der Waals surface area (Å²) >= 11 is 7.58. The molecule has 2 aromatic heterocycles. The van der Waals surface area contributed by atoms with Gasteiger partial charge in [-0.1, -0.05) is 29.8 Å². The second-order valence-corrected chi connectivity index (χ2v) is 6.69. The van der Waals surface area contributed by atoms with Crippen LogP contribution in [-0.4, -0.2) is 9.97 Å². The van der Waals surface area contributed by atoms with Gasteiger partial charge in [0.25, 0.3) is 5.56 Å². The molecule has 2 aromatic carbocycles. The summed E-state index contributed by atoms with van der Waals surface area (Å²) in [7, 11) is 0. The lowest BCUT2D eigenvalue weighted by atomic mass is 10.2. The van der Waals surface area contributed by atoms with Gasteiger partial charge in [0.05, 0.1) is 5.52 Å². The van der Waals surface area contributed by atoms with E-state index in [1.807, 2.05) is 30.3 Å². The maximum absolute atomic E-state index is 13.1. The predicted molar refractivity (Wildman–Crippen MR) is 96.1 cm³/mol. The van der Waals surface area contributed by atoms with Crippen molar-refractivity contribution in [2.24, 2.45) is 0 Å². The van der Waals surface area contributed by atoms with E-state index in [9.17, 15) is 9.18 Å². The minimum atomic E-state index is -0.335. The maximum Gasteiger partial charge on any atom is 0.269 e. The molecule has 6 heteroatoms. The average molecular weight is 357 g/mol. The Bertz CT molecular complexity index is 1100. The molecule has 1 N–H and O–H groups in total. The molecule has 0 radical (unpaired) electrons. The number of fused-ring (bicyclic) bond motifs is 1. The normalized spacial score (nSPS) is 11.1. The third-order valence-electron chi connectivity index (χ3n) is 3.64. The Morgan fingerprint density at radius 2 is 1.83 bits per heavy atom. The molecule has 2 heterocycles. The molecule has 0 bridgehead atoms. The van der Waals surface area contributed by atoms with Crippen LogP contribution >= 0.6 is 22.9 Å². The van der Waals surface area contributed by atoms with Gasteiger partial charge in [0.2, 0.25) is 0 Å². The first-order valence-corrected chi connectivity index (χ1v) is 8.36. The second kappa shape index (κ2) is 5.85. The van der Waals surface area contributed by atoms with E-state index in [1.54, 1.807) is 12.1 Å². The minimum absolute atomic E-state index is 0.220. The third kappa shape index (κ3) is 2.62. The fourth-order valence-corrected chi connectivity index (χ4v) is 3.80. The number of rotatable bonds is 2.